The number of rotatable bonds is 4. The highest BCUT2D eigenvalue weighted by atomic mass is 32.2. The van der Waals surface area contributed by atoms with Crippen molar-refractivity contribution in [1.82, 2.24) is 5.32 Å². The van der Waals surface area contributed by atoms with E-state index in [9.17, 15) is 13.2 Å². The molecule has 1 aliphatic rings. The quantitative estimate of drug-likeness (QED) is 0.851. The van der Waals surface area contributed by atoms with Crippen LogP contribution >= 0.6 is 0 Å². The third-order valence-corrected chi connectivity index (χ3v) is 4.41. The molecule has 3 N–H and O–H groups in total. The first-order chi connectivity index (χ1) is 9.41. The van der Waals surface area contributed by atoms with Crippen LogP contribution in [0.25, 0.3) is 0 Å². The van der Waals surface area contributed by atoms with E-state index in [2.05, 4.69) is 5.32 Å². The van der Waals surface area contributed by atoms with Gasteiger partial charge >= 0.3 is 0 Å². The van der Waals surface area contributed by atoms with Gasteiger partial charge in [0.1, 0.15) is 0 Å². The number of benzene rings is 1. The molecule has 0 heterocycles. The summed E-state index contributed by atoms with van der Waals surface area (Å²) in [7, 11) is -2.18. The molecule has 1 saturated carbocycles. The standard InChI is InChI=1S/C13H18N2O4S/c1-19-12-7-3-6-11(12)15-13(16)9-4-2-5-10(8-9)20(14,17)18/h2,4-5,8,11-12H,3,6-7H2,1H3,(H,15,16)(H2,14,17,18). The molecule has 2 atom stereocenters. The molecule has 1 aromatic rings. The van der Waals surface area contributed by atoms with E-state index in [1.165, 1.54) is 18.2 Å². The minimum absolute atomic E-state index is 0.0142. The van der Waals surface area contributed by atoms with Crippen molar-refractivity contribution in [3.05, 3.63) is 29.8 Å². The molecule has 110 valence electrons. The monoisotopic (exact) mass is 298 g/mol. The number of carbonyl (C=O) groups is 1. The number of amides is 1. The summed E-state index contributed by atoms with van der Waals surface area (Å²) in [5.74, 6) is -0.315. The molecule has 20 heavy (non-hydrogen) atoms. The Morgan fingerprint density at radius 1 is 1.40 bits per heavy atom. The van der Waals surface area contributed by atoms with Gasteiger partial charge in [-0.3, -0.25) is 4.79 Å². The topological polar surface area (TPSA) is 98.5 Å². The van der Waals surface area contributed by atoms with Crippen LogP contribution in [0, 0.1) is 0 Å². The van der Waals surface area contributed by atoms with Crippen LogP contribution in [0.3, 0.4) is 0 Å². The molecule has 0 spiro atoms. The SMILES string of the molecule is COC1CCCC1NC(=O)c1cccc(S(N)(=O)=O)c1. The normalized spacial score (nSPS) is 22.7. The van der Waals surface area contributed by atoms with E-state index in [1.807, 2.05) is 0 Å². The fourth-order valence-electron chi connectivity index (χ4n) is 2.44. The van der Waals surface area contributed by atoms with Crippen molar-refractivity contribution in [3.8, 4) is 0 Å². The van der Waals surface area contributed by atoms with Crippen molar-refractivity contribution >= 4 is 15.9 Å². The van der Waals surface area contributed by atoms with Crippen molar-refractivity contribution in [3.63, 3.8) is 0 Å². The fraction of sp³-hybridized carbons (Fsp3) is 0.462. The number of methoxy groups -OCH3 is 1. The van der Waals surface area contributed by atoms with Gasteiger partial charge in [-0.2, -0.15) is 0 Å². The van der Waals surface area contributed by atoms with Crippen LogP contribution < -0.4 is 10.5 Å². The van der Waals surface area contributed by atoms with Crippen LogP contribution in [0.5, 0.6) is 0 Å². The Bertz CT molecular complexity index is 600. The lowest BCUT2D eigenvalue weighted by Crippen LogP contribution is -2.40. The summed E-state index contributed by atoms with van der Waals surface area (Å²) in [5.41, 5.74) is 0.276. The van der Waals surface area contributed by atoms with Crippen molar-refractivity contribution in [2.24, 2.45) is 5.14 Å². The van der Waals surface area contributed by atoms with Crippen molar-refractivity contribution in [2.75, 3.05) is 7.11 Å². The van der Waals surface area contributed by atoms with Gasteiger partial charge in [-0.25, -0.2) is 13.6 Å². The van der Waals surface area contributed by atoms with E-state index >= 15 is 0 Å². The zero-order valence-electron chi connectivity index (χ0n) is 11.2. The molecule has 0 aromatic heterocycles. The first-order valence-corrected chi connectivity index (χ1v) is 7.93. The molecule has 0 radical (unpaired) electrons. The highest BCUT2D eigenvalue weighted by Crippen LogP contribution is 2.22. The second-order valence-corrected chi connectivity index (χ2v) is 6.42. The maximum atomic E-state index is 12.1. The molecular formula is C13H18N2O4S. The molecule has 2 unspecified atom stereocenters. The number of ether oxygens (including phenoxy) is 1. The summed E-state index contributed by atoms with van der Waals surface area (Å²) < 4.78 is 27.9. The van der Waals surface area contributed by atoms with Crippen molar-refractivity contribution < 1.29 is 17.9 Å². The third-order valence-electron chi connectivity index (χ3n) is 3.50. The van der Waals surface area contributed by atoms with Gasteiger partial charge in [0.2, 0.25) is 10.0 Å². The van der Waals surface area contributed by atoms with Crippen LogP contribution in [-0.2, 0) is 14.8 Å². The molecule has 1 fully saturated rings. The van der Waals surface area contributed by atoms with E-state index in [4.69, 9.17) is 9.88 Å². The van der Waals surface area contributed by atoms with Gasteiger partial charge in [-0.1, -0.05) is 6.07 Å². The van der Waals surface area contributed by atoms with Gasteiger partial charge in [0.25, 0.3) is 5.91 Å². The average molecular weight is 298 g/mol. The minimum Gasteiger partial charge on any atom is -0.379 e. The van der Waals surface area contributed by atoms with Crippen LogP contribution in [-0.4, -0.2) is 33.6 Å². The highest BCUT2D eigenvalue weighted by molar-refractivity contribution is 7.89. The first-order valence-electron chi connectivity index (χ1n) is 6.38. The fourth-order valence-corrected chi connectivity index (χ4v) is 3.00. The van der Waals surface area contributed by atoms with Crippen molar-refractivity contribution in [1.29, 1.82) is 0 Å². The summed E-state index contributed by atoms with van der Waals surface area (Å²) in [4.78, 5) is 12.1. The second-order valence-electron chi connectivity index (χ2n) is 4.86. The lowest BCUT2D eigenvalue weighted by Gasteiger charge is -2.19. The largest absolute Gasteiger partial charge is 0.379 e. The van der Waals surface area contributed by atoms with Gasteiger partial charge in [0.15, 0.2) is 0 Å². The van der Waals surface area contributed by atoms with E-state index in [0.29, 0.717) is 0 Å². The summed E-state index contributed by atoms with van der Waals surface area (Å²) in [6.07, 6.45) is 2.79. The van der Waals surface area contributed by atoms with Crippen LogP contribution in [0.1, 0.15) is 29.6 Å². The predicted molar refractivity (Wildman–Crippen MR) is 73.7 cm³/mol. The van der Waals surface area contributed by atoms with E-state index < -0.39 is 10.0 Å². The molecule has 6 nitrogen and oxygen atoms in total. The first kappa shape index (κ1) is 15.0. The zero-order valence-corrected chi connectivity index (χ0v) is 12.0. The lowest BCUT2D eigenvalue weighted by atomic mass is 10.1. The summed E-state index contributed by atoms with van der Waals surface area (Å²) in [6, 6.07) is 5.66. The average Bonchev–Trinajstić information content (AvgIpc) is 2.85. The second kappa shape index (κ2) is 5.90. The summed E-state index contributed by atoms with van der Waals surface area (Å²) in [5, 5.41) is 7.93. The Balaban J connectivity index is 2.14. The molecule has 7 heteroatoms. The van der Waals surface area contributed by atoms with Crippen LogP contribution in [0.4, 0.5) is 0 Å². The summed E-state index contributed by atoms with van der Waals surface area (Å²) in [6.45, 7) is 0. The number of nitrogens with two attached hydrogens (primary N) is 1. The van der Waals surface area contributed by atoms with Gasteiger partial charge in [0, 0.05) is 12.7 Å². The molecule has 0 saturated heterocycles. The Morgan fingerprint density at radius 2 is 2.15 bits per heavy atom. The molecule has 1 aliphatic carbocycles. The molecule has 0 aliphatic heterocycles. The van der Waals surface area contributed by atoms with Gasteiger partial charge in [0.05, 0.1) is 17.0 Å². The highest BCUT2D eigenvalue weighted by Gasteiger charge is 2.28. The minimum atomic E-state index is -3.81. The Hall–Kier alpha value is -1.44. The molecule has 2 rings (SSSR count). The van der Waals surface area contributed by atoms with Crippen molar-refractivity contribution in [2.45, 2.75) is 36.3 Å². The van der Waals surface area contributed by atoms with E-state index in [-0.39, 0.29) is 28.5 Å². The van der Waals surface area contributed by atoms with E-state index in [0.717, 1.165) is 19.3 Å². The maximum absolute atomic E-state index is 12.1. The number of sulfonamides is 1. The smallest absolute Gasteiger partial charge is 0.251 e. The number of hydrogen-bond donors (Lipinski definition) is 2. The summed E-state index contributed by atoms with van der Waals surface area (Å²) >= 11 is 0. The molecule has 1 amide bonds. The Kier molecular flexibility index (Phi) is 4.42. The van der Waals surface area contributed by atoms with Gasteiger partial charge in [-0.15, -0.1) is 0 Å². The number of hydrogen-bond acceptors (Lipinski definition) is 4. The molecule has 0 bridgehead atoms. The number of primary sulfonamides is 1. The molecular weight excluding hydrogens is 280 g/mol. The third kappa shape index (κ3) is 3.36. The zero-order chi connectivity index (χ0) is 14.8. The lowest BCUT2D eigenvalue weighted by molar-refractivity contribution is 0.0722. The molecule has 1 aromatic carbocycles. The predicted octanol–water partition coefficient (Wildman–Crippen LogP) is 0.631. The Morgan fingerprint density at radius 3 is 2.80 bits per heavy atom. The van der Waals surface area contributed by atoms with Crippen LogP contribution in [0.15, 0.2) is 29.2 Å². The Labute approximate surface area is 118 Å². The van der Waals surface area contributed by atoms with Crippen LogP contribution in [0.2, 0.25) is 0 Å². The number of carbonyl (C=O) groups excluding carboxylic acids is 1. The van der Waals surface area contributed by atoms with Gasteiger partial charge < -0.3 is 10.1 Å². The van der Waals surface area contributed by atoms with E-state index in [1.54, 1.807) is 13.2 Å². The van der Waals surface area contributed by atoms with Gasteiger partial charge in [-0.05, 0) is 37.5 Å². The number of nitrogens with one attached hydrogen (secondary N) is 1. The maximum Gasteiger partial charge on any atom is 0.251 e.